The molecule has 132 valence electrons. The molecule has 6 nitrogen and oxygen atoms in total. The van der Waals surface area contributed by atoms with Gasteiger partial charge in [0.15, 0.2) is 15.7 Å². The summed E-state index contributed by atoms with van der Waals surface area (Å²) < 4.78 is 3.43. The second-order valence-corrected chi connectivity index (χ2v) is 8.13. The number of hydrogen-bond donors (Lipinski definition) is 2. The minimum absolute atomic E-state index is 0.0963. The molecule has 0 spiro atoms. The number of thiophene rings is 1. The Morgan fingerprint density at radius 1 is 1.38 bits per heavy atom. The molecule has 26 heavy (non-hydrogen) atoms. The first-order valence-corrected chi connectivity index (χ1v) is 10.1. The number of fused-ring (bicyclic) bond motifs is 1. The maximum Gasteiger partial charge on any atom is 0.227 e. The van der Waals surface area contributed by atoms with Crippen LogP contribution in [0.5, 0.6) is 0 Å². The van der Waals surface area contributed by atoms with Gasteiger partial charge in [0.05, 0.1) is 15.1 Å². The summed E-state index contributed by atoms with van der Waals surface area (Å²) in [5.74, 6) is 0.661. The normalized spacial score (nSPS) is 11.1. The first-order valence-electron chi connectivity index (χ1n) is 7.96. The molecule has 9 heteroatoms. The van der Waals surface area contributed by atoms with Gasteiger partial charge in [-0.3, -0.25) is 14.5 Å². The van der Waals surface area contributed by atoms with Crippen LogP contribution in [0.15, 0.2) is 35.7 Å². The van der Waals surface area contributed by atoms with Crippen molar-refractivity contribution in [3.8, 4) is 10.7 Å². The Hall–Kier alpha value is -2.36. The number of nitrogens with zero attached hydrogens (tertiary/aromatic N) is 3. The van der Waals surface area contributed by atoms with Crippen molar-refractivity contribution in [1.29, 1.82) is 0 Å². The van der Waals surface area contributed by atoms with E-state index in [2.05, 4.69) is 26.6 Å². The maximum atomic E-state index is 12.3. The molecule has 0 saturated heterocycles. The Bertz CT molecular complexity index is 1120. The van der Waals surface area contributed by atoms with Crippen LogP contribution in [0, 0.1) is 11.7 Å². The monoisotopic (exact) mass is 401 g/mol. The Kier molecular flexibility index (Phi) is 4.66. The van der Waals surface area contributed by atoms with E-state index in [0.29, 0.717) is 22.9 Å². The number of benzene rings is 1. The number of carbonyl (C=O) groups excluding carboxylic acids is 1. The molecular weight excluding hydrogens is 386 g/mol. The average molecular weight is 402 g/mol. The molecule has 0 aliphatic rings. The molecule has 0 fully saturated rings. The van der Waals surface area contributed by atoms with E-state index in [1.807, 2.05) is 41.1 Å². The van der Waals surface area contributed by atoms with Gasteiger partial charge < -0.3 is 5.32 Å². The molecule has 4 aromatic rings. The number of carbonyl (C=O) groups is 1. The molecule has 3 heterocycles. The Balaban J connectivity index is 1.46. The molecule has 0 aliphatic heterocycles. The van der Waals surface area contributed by atoms with Gasteiger partial charge >= 0.3 is 0 Å². The van der Waals surface area contributed by atoms with E-state index in [-0.39, 0.29) is 5.91 Å². The van der Waals surface area contributed by atoms with E-state index in [1.54, 1.807) is 11.3 Å². The highest BCUT2D eigenvalue weighted by atomic mass is 32.1. The predicted octanol–water partition coefficient (Wildman–Crippen LogP) is 4.62. The molecule has 0 aliphatic carbocycles. The predicted molar refractivity (Wildman–Crippen MR) is 108 cm³/mol. The number of aromatic nitrogens is 4. The zero-order valence-electron chi connectivity index (χ0n) is 13.9. The van der Waals surface area contributed by atoms with Crippen molar-refractivity contribution in [3.05, 3.63) is 46.0 Å². The van der Waals surface area contributed by atoms with Crippen molar-refractivity contribution in [2.75, 3.05) is 5.32 Å². The highest BCUT2D eigenvalue weighted by Crippen LogP contribution is 2.27. The van der Waals surface area contributed by atoms with E-state index < -0.39 is 0 Å². The first-order chi connectivity index (χ1) is 12.6. The van der Waals surface area contributed by atoms with Crippen molar-refractivity contribution in [2.24, 2.45) is 0 Å². The van der Waals surface area contributed by atoms with Crippen LogP contribution >= 0.6 is 34.9 Å². The zero-order valence-corrected chi connectivity index (χ0v) is 16.3. The third-order valence-corrected chi connectivity index (χ3v) is 5.96. The average Bonchev–Trinajstić information content (AvgIpc) is 3.32. The summed E-state index contributed by atoms with van der Waals surface area (Å²) >= 11 is 8.36. The summed E-state index contributed by atoms with van der Waals surface area (Å²) in [4.78, 5) is 17.8. The number of hydrogen-bond acceptors (Lipinski definition) is 6. The van der Waals surface area contributed by atoms with Crippen LogP contribution in [0.25, 0.3) is 20.9 Å². The summed E-state index contributed by atoms with van der Waals surface area (Å²) in [6.45, 7) is 2.50. The molecule has 2 N–H and O–H groups in total. The largest absolute Gasteiger partial charge is 0.302 e. The third kappa shape index (κ3) is 3.46. The van der Waals surface area contributed by atoms with Gasteiger partial charge in [0, 0.05) is 13.0 Å². The smallest absolute Gasteiger partial charge is 0.227 e. The molecule has 3 aromatic heterocycles. The lowest BCUT2D eigenvalue weighted by Gasteiger charge is -2.05. The molecule has 0 radical (unpaired) electrons. The van der Waals surface area contributed by atoms with Gasteiger partial charge in [-0.2, -0.15) is 5.10 Å². The molecule has 0 bridgehead atoms. The van der Waals surface area contributed by atoms with Gasteiger partial charge in [-0.05, 0) is 48.3 Å². The number of thiazole rings is 1. The van der Waals surface area contributed by atoms with E-state index in [9.17, 15) is 4.79 Å². The minimum atomic E-state index is -0.0963. The van der Waals surface area contributed by atoms with Crippen LogP contribution in [-0.2, 0) is 11.3 Å². The van der Waals surface area contributed by atoms with Gasteiger partial charge in [-0.15, -0.1) is 11.3 Å². The third-order valence-electron chi connectivity index (χ3n) is 3.85. The van der Waals surface area contributed by atoms with Crippen LogP contribution in [0.2, 0.25) is 0 Å². The highest BCUT2D eigenvalue weighted by molar-refractivity contribution is 7.71. The number of H-pyrrole nitrogens is 1. The summed E-state index contributed by atoms with van der Waals surface area (Å²) in [5.41, 5.74) is 2.07. The first kappa shape index (κ1) is 17.1. The second-order valence-electron chi connectivity index (χ2n) is 5.77. The lowest BCUT2D eigenvalue weighted by atomic mass is 10.2. The van der Waals surface area contributed by atoms with Crippen LogP contribution in [0.3, 0.4) is 0 Å². The van der Waals surface area contributed by atoms with Crippen molar-refractivity contribution < 1.29 is 4.79 Å². The van der Waals surface area contributed by atoms with Crippen LogP contribution in [-0.4, -0.2) is 25.7 Å². The number of amides is 1. The number of aromatic amines is 1. The Morgan fingerprint density at radius 3 is 3.08 bits per heavy atom. The van der Waals surface area contributed by atoms with Gasteiger partial charge in [0.25, 0.3) is 0 Å². The highest BCUT2D eigenvalue weighted by Gasteiger charge is 2.13. The summed E-state index contributed by atoms with van der Waals surface area (Å²) in [5, 5.41) is 12.6. The molecular formula is C17H15N5OS3. The van der Waals surface area contributed by atoms with Crippen molar-refractivity contribution in [3.63, 3.8) is 0 Å². The maximum absolute atomic E-state index is 12.3. The zero-order chi connectivity index (χ0) is 18.1. The van der Waals surface area contributed by atoms with E-state index in [4.69, 9.17) is 12.2 Å². The SMILES string of the molecule is Cc1ccc2nc(NC(=O)CCn3c(-c4cccs4)n[nH]c3=S)sc2c1. The van der Waals surface area contributed by atoms with Crippen LogP contribution < -0.4 is 5.32 Å². The number of aryl methyl sites for hydroxylation is 1. The fraction of sp³-hybridized carbons (Fsp3) is 0.176. The van der Waals surface area contributed by atoms with Gasteiger partial charge in [-0.1, -0.05) is 23.5 Å². The van der Waals surface area contributed by atoms with Crippen molar-refractivity contribution in [2.45, 2.75) is 19.9 Å². The molecule has 4 rings (SSSR count). The van der Waals surface area contributed by atoms with Crippen LogP contribution in [0.1, 0.15) is 12.0 Å². The number of rotatable bonds is 5. The lowest BCUT2D eigenvalue weighted by Crippen LogP contribution is -2.14. The van der Waals surface area contributed by atoms with Gasteiger partial charge in [-0.25, -0.2) is 4.98 Å². The minimum Gasteiger partial charge on any atom is -0.302 e. The molecule has 0 unspecified atom stereocenters. The standard InChI is InChI=1S/C17H15N5OS3/c1-10-4-5-11-13(9-10)26-16(18-11)19-14(23)6-7-22-15(20-21-17(22)24)12-3-2-8-25-12/h2-5,8-9H,6-7H2,1H3,(H,21,24)(H,18,19,23). The van der Waals surface area contributed by atoms with E-state index in [0.717, 1.165) is 20.9 Å². The molecule has 1 aromatic carbocycles. The molecule has 0 atom stereocenters. The molecule has 0 saturated carbocycles. The fourth-order valence-electron chi connectivity index (χ4n) is 2.60. The van der Waals surface area contributed by atoms with Crippen molar-refractivity contribution in [1.82, 2.24) is 19.7 Å². The summed E-state index contributed by atoms with van der Waals surface area (Å²) in [7, 11) is 0. The van der Waals surface area contributed by atoms with Crippen LogP contribution in [0.4, 0.5) is 5.13 Å². The van der Waals surface area contributed by atoms with E-state index in [1.165, 1.54) is 16.9 Å². The molecule has 1 amide bonds. The number of anilines is 1. The Morgan fingerprint density at radius 2 is 2.27 bits per heavy atom. The topological polar surface area (TPSA) is 75.6 Å². The quantitative estimate of drug-likeness (QED) is 0.479. The second kappa shape index (κ2) is 7.10. The lowest BCUT2D eigenvalue weighted by molar-refractivity contribution is -0.116. The summed E-state index contributed by atoms with van der Waals surface area (Å²) in [6, 6.07) is 10.00. The fourth-order valence-corrected chi connectivity index (χ4v) is 4.53. The van der Waals surface area contributed by atoms with Crippen molar-refractivity contribution >= 4 is 56.1 Å². The van der Waals surface area contributed by atoms with Gasteiger partial charge in [0.1, 0.15) is 0 Å². The number of nitrogens with one attached hydrogen (secondary N) is 2. The van der Waals surface area contributed by atoms with E-state index >= 15 is 0 Å². The van der Waals surface area contributed by atoms with Gasteiger partial charge in [0.2, 0.25) is 5.91 Å². The Labute approximate surface area is 162 Å². The summed E-state index contributed by atoms with van der Waals surface area (Å²) in [6.07, 6.45) is 0.293.